The number of likely N-dealkylation sites (tertiary alicyclic amines) is 1. The van der Waals surface area contributed by atoms with E-state index in [1.165, 1.54) is 10.6 Å². The molecule has 1 aromatic heterocycles. The molecule has 1 unspecified atom stereocenters. The van der Waals surface area contributed by atoms with Crippen molar-refractivity contribution in [3.05, 3.63) is 34.2 Å². The van der Waals surface area contributed by atoms with Gasteiger partial charge in [0, 0.05) is 31.8 Å². The number of amides is 1. The molecule has 1 aliphatic rings. The number of piperidine rings is 1. The number of carbonyl (C=O) groups excluding carboxylic acids is 1. The lowest BCUT2D eigenvalue weighted by Crippen LogP contribution is -2.42. The third-order valence-corrected chi connectivity index (χ3v) is 4.10. The molecule has 0 saturated carbocycles. The molecule has 1 N–H and O–H groups in total. The molecule has 1 saturated heterocycles. The van der Waals surface area contributed by atoms with Crippen LogP contribution in [0.15, 0.2) is 23.1 Å². The second kappa shape index (κ2) is 7.24. The summed E-state index contributed by atoms with van der Waals surface area (Å²) < 4.78 is 1.41. The fourth-order valence-corrected chi connectivity index (χ4v) is 2.84. The lowest BCUT2D eigenvalue weighted by Gasteiger charge is -2.32. The average Bonchev–Trinajstić information content (AvgIpc) is 2.48. The van der Waals surface area contributed by atoms with E-state index in [0.717, 1.165) is 18.4 Å². The van der Waals surface area contributed by atoms with Gasteiger partial charge in [-0.1, -0.05) is 0 Å². The SMILES string of the molecule is Cc1ccn(CC(=O)N2CCCC(CCC(=O)O)C2)c(=O)c1. The summed E-state index contributed by atoms with van der Waals surface area (Å²) >= 11 is 0. The van der Waals surface area contributed by atoms with E-state index in [2.05, 4.69) is 0 Å². The summed E-state index contributed by atoms with van der Waals surface area (Å²) in [6, 6.07) is 3.32. The number of rotatable bonds is 5. The first kappa shape index (κ1) is 16.3. The summed E-state index contributed by atoms with van der Waals surface area (Å²) in [4.78, 5) is 36.6. The quantitative estimate of drug-likeness (QED) is 0.888. The van der Waals surface area contributed by atoms with Crippen LogP contribution in [0, 0.1) is 12.8 Å². The summed E-state index contributed by atoms with van der Waals surface area (Å²) in [5.74, 6) is -0.635. The Morgan fingerprint density at radius 3 is 2.86 bits per heavy atom. The van der Waals surface area contributed by atoms with E-state index in [1.54, 1.807) is 17.2 Å². The zero-order valence-electron chi connectivity index (χ0n) is 12.8. The first-order chi connectivity index (χ1) is 10.5. The predicted octanol–water partition coefficient (Wildman–Crippen LogP) is 1.26. The Labute approximate surface area is 129 Å². The molecule has 0 aromatic carbocycles. The second-order valence-electron chi connectivity index (χ2n) is 5.95. The molecule has 1 aliphatic heterocycles. The van der Waals surface area contributed by atoms with Crippen LogP contribution in [-0.2, 0) is 16.1 Å². The van der Waals surface area contributed by atoms with Gasteiger partial charge in [-0.25, -0.2) is 0 Å². The van der Waals surface area contributed by atoms with Gasteiger partial charge in [-0.15, -0.1) is 0 Å². The van der Waals surface area contributed by atoms with Gasteiger partial charge >= 0.3 is 5.97 Å². The van der Waals surface area contributed by atoms with E-state index >= 15 is 0 Å². The molecule has 1 amide bonds. The van der Waals surface area contributed by atoms with Crippen LogP contribution in [0.4, 0.5) is 0 Å². The molecule has 0 spiro atoms. The van der Waals surface area contributed by atoms with Crippen LogP contribution in [0.5, 0.6) is 0 Å². The highest BCUT2D eigenvalue weighted by Crippen LogP contribution is 2.21. The molecule has 2 heterocycles. The predicted molar refractivity (Wildman–Crippen MR) is 81.6 cm³/mol. The number of nitrogens with zero attached hydrogens (tertiary/aromatic N) is 2. The van der Waals surface area contributed by atoms with E-state index < -0.39 is 5.97 Å². The molecule has 120 valence electrons. The summed E-state index contributed by atoms with van der Waals surface area (Å²) in [5.41, 5.74) is 0.702. The van der Waals surface area contributed by atoms with E-state index in [0.29, 0.717) is 19.5 Å². The Hall–Kier alpha value is -2.11. The van der Waals surface area contributed by atoms with E-state index in [9.17, 15) is 14.4 Å². The fraction of sp³-hybridized carbons (Fsp3) is 0.562. The van der Waals surface area contributed by atoms with Gasteiger partial charge in [-0.3, -0.25) is 14.4 Å². The van der Waals surface area contributed by atoms with Crippen molar-refractivity contribution in [2.75, 3.05) is 13.1 Å². The fourth-order valence-electron chi connectivity index (χ4n) is 2.84. The van der Waals surface area contributed by atoms with Crippen molar-refractivity contribution in [1.29, 1.82) is 0 Å². The topological polar surface area (TPSA) is 79.6 Å². The maximum atomic E-state index is 12.3. The molecular formula is C16H22N2O4. The number of pyridine rings is 1. The van der Waals surface area contributed by atoms with Crippen molar-refractivity contribution < 1.29 is 14.7 Å². The lowest BCUT2D eigenvalue weighted by atomic mass is 9.93. The summed E-state index contributed by atoms with van der Waals surface area (Å²) in [7, 11) is 0. The zero-order valence-corrected chi connectivity index (χ0v) is 12.8. The minimum atomic E-state index is -0.797. The van der Waals surface area contributed by atoms with Crippen molar-refractivity contribution in [3.63, 3.8) is 0 Å². The van der Waals surface area contributed by atoms with Gasteiger partial charge in [0.1, 0.15) is 6.54 Å². The van der Waals surface area contributed by atoms with Gasteiger partial charge in [0.05, 0.1) is 0 Å². The third-order valence-electron chi connectivity index (χ3n) is 4.10. The summed E-state index contributed by atoms with van der Waals surface area (Å²) in [6.45, 7) is 3.16. The van der Waals surface area contributed by atoms with Crippen molar-refractivity contribution in [3.8, 4) is 0 Å². The largest absolute Gasteiger partial charge is 0.481 e. The molecule has 6 nitrogen and oxygen atoms in total. The molecule has 22 heavy (non-hydrogen) atoms. The number of aryl methyl sites for hydroxylation is 1. The molecule has 2 rings (SSSR count). The number of aliphatic carboxylic acids is 1. The van der Waals surface area contributed by atoms with Crippen molar-refractivity contribution in [2.45, 2.75) is 39.2 Å². The second-order valence-corrected chi connectivity index (χ2v) is 5.95. The van der Waals surface area contributed by atoms with Gasteiger partial charge < -0.3 is 14.6 Å². The Kier molecular flexibility index (Phi) is 5.35. The maximum absolute atomic E-state index is 12.3. The standard InChI is InChI=1S/C16H22N2O4/c1-12-6-8-18(14(19)9-12)11-15(20)17-7-2-3-13(10-17)4-5-16(21)22/h6,8-9,13H,2-5,7,10-11H2,1H3,(H,21,22). The van der Waals surface area contributed by atoms with Crippen LogP contribution >= 0.6 is 0 Å². The number of carboxylic acid groups (broad SMARTS) is 1. The minimum Gasteiger partial charge on any atom is -0.481 e. The third kappa shape index (κ3) is 4.44. The summed E-state index contributed by atoms with van der Waals surface area (Å²) in [5, 5.41) is 8.75. The lowest BCUT2D eigenvalue weighted by molar-refractivity contribution is -0.137. The van der Waals surface area contributed by atoms with Gasteiger partial charge in [0.15, 0.2) is 0 Å². The number of aromatic nitrogens is 1. The van der Waals surface area contributed by atoms with Crippen LogP contribution in [-0.4, -0.2) is 39.5 Å². The Morgan fingerprint density at radius 1 is 1.41 bits per heavy atom. The number of hydrogen-bond donors (Lipinski definition) is 1. The van der Waals surface area contributed by atoms with E-state index in [4.69, 9.17) is 5.11 Å². The van der Waals surface area contributed by atoms with Crippen molar-refractivity contribution >= 4 is 11.9 Å². The van der Waals surface area contributed by atoms with E-state index in [1.807, 2.05) is 6.92 Å². The molecule has 6 heteroatoms. The first-order valence-corrected chi connectivity index (χ1v) is 7.62. The Bertz CT molecular complexity index is 608. The van der Waals surface area contributed by atoms with Crippen LogP contribution in [0.25, 0.3) is 0 Å². The van der Waals surface area contributed by atoms with Crippen LogP contribution in [0.2, 0.25) is 0 Å². The number of carboxylic acids is 1. The molecule has 0 aliphatic carbocycles. The van der Waals surface area contributed by atoms with Crippen molar-refractivity contribution in [1.82, 2.24) is 9.47 Å². The van der Waals surface area contributed by atoms with Crippen LogP contribution in [0.1, 0.15) is 31.2 Å². The average molecular weight is 306 g/mol. The van der Waals surface area contributed by atoms with Gasteiger partial charge in [-0.2, -0.15) is 0 Å². The highest BCUT2D eigenvalue weighted by atomic mass is 16.4. The van der Waals surface area contributed by atoms with Gasteiger partial charge in [0.25, 0.3) is 5.56 Å². The van der Waals surface area contributed by atoms with Crippen molar-refractivity contribution in [2.24, 2.45) is 5.92 Å². The highest BCUT2D eigenvalue weighted by molar-refractivity contribution is 5.76. The smallest absolute Gasteiger partial charge is 0.303 e. The van der Waals surface area contributed by atoms with E-state index in [-0.39, 0.29) is 30.3 Å². The number of hydrogen-bond acceptors (Lipinski definition) is 3. The van der Waals surface area contributed by atoms with Crippen LogP contribution < -0.4 is 5.56 Å². The molecule has 0 radical (unpaired) electrons. The zero-order chi connectivity index (χ0) is 16.1. The molecule has 0 bridgehead atoms. The number of carbonyl (C=O) groups is 2. The van der Waals surface area contributed by atoms with Gasteiger partial charge in [-0.05, 0) is 43.7 Å². The van der Waals surface area contributed by atoms with Gasteiger partial charge in [0.2, 0.25) is 5.91 Å². The Morgan fingerprint density at radius 2 is 2.18 bits per heavy atom. The normalized spacial score (nSPS) is 18.2. The molecule has 1 atom stereocenters. The minimum absolute atomic E-state index is 0.0464. The summed E-state index contributed by atoms with van der Waals surface area (Å²) in [6.07, 6.45) is 4.23. The maximum Gasteiger partial charge on any atom is 0.303 e. The molecular weight excluding hydrogens is 284 g/mol. The molecule has 1 aromatic rings. The highest BCUT2D eigenvalue weighted by Gasteiger charge is 2.24. The van der Waals surface area contributed by atoms with Crippen LogP contribution in [0.3, 0.4) is 0 Å². The Balaban J connectivity index is 1.94. The molecule has 1 fully saturated rings. The monoisotopic (exact) mass is 306 g/mol. The first-order valence-electron chi connectivity index (χ1n) is 7.62.